The first-order valence-corrected chi connectivity index (χ1v) is 11.0. The van der Waals surface area contributed by atoms with Gasteiger partial charge in [0, 0.05) is 13.7 Å². The van der Waals surface area contributed by atoms with Crippen molar-refractivity contribution in [1.82, 2.24) is 10.4 Å². The molecule has 180 valence electrons. The molecule has 9 heteroatoms. The van der Waals surface area contributed by atoms with Crippen molar-refractivity contribution in [2.75, 3.05) is 27.0 Å². The van der Waals surface area contributed by atoms with Crippen molar-refractivity contribution in [1.29, 1.82) is 0 Å². The third kappa shape index (κ3) is 7.05. The van der Waals surface area contributed by atoms with E-state index in [1.165, 1.54) is 12.2 Å². The molecule has 0 aliphatic carbocycles. The summed E-state index contributed by atoms with van der Waals surface area (Å²) in [5.74, 6) is -0.0342. The summed E-state index contributed by atoms with van der Waals surface area (Å²) in [7, 11) is 1.50. The van der Waals surface area contributed by atoms with Crippen LogP contribution in [0.25, 0.3) is 10.8 Å². The van der Waals surface area contributed by atoms with Crippen molar-refractivity contribution < 1.29 is 33.7 Å². The van der Waals surface area contributed by atoms with E-state index in [0.717, 1.165) is 10.8 Å². The first-order valence-electron chi connectivity index (χ1n) is 11.0. The molecule has 1 aliphatic heterocycles. The van der Waals surface area contributed by atoms with Gasteiger partial charge in [-0.25, -0.2) is 4.79 Å². The number of hydrogen-bond acceptors (Lipinski definition) is 8. The lowest BCUT2D eigenvalue weighted by molar-refractivity contribution is -0.144. The zero-order chi connectivity index (χ0) is 24.0. The maximum atomic E-state index is 13.2. The Morgan fingerprint density at radius 3 is 2.55 bits per heavy atom. The van der Waals surface area contributed by atoms with Crippen molar-refractivity contribution in [3.8, 4) is 5.75 Å². The summed E-state index contributed by atoms with van der Waals surface area (Å²) in [6, 6.07) is 10.5. The zero-order valence-electron chi connectivity index (χ0n) is 19.5. The number of hydrogen-bond donors (Lipinski definition) is 2. The summed E-state index contributed by atoms with van der Waals surface area (Å²) < 4.78 is 15.8. The number of nitrogens with one attached hydrogen (secondary N) is 1. The van der Waals surface area contributed by atoms with Gasteiger partial charge in [-0.2, -0.15) is 0 Å². The van der Waals surface area contributed by atoms with Gasteiger partial charge in [0.2, 0.25) is 0 Å². The fraction of sp³-hybridized carbons (Fsp3) is 0.500. The molecule has 33 heavy (non-hydrogen) atoms. The minimum Gasteiger partial charge on any atom is -0.467 e. The van der Waals surface area contributed by atoms with Crippen LogP contribution < -0.4 is 10.1 Å². The molecule has 9 nitrogen and oxygen atoms in total. The van der Waals surface area contributed by atoms with Gasteiger partial charge in [-0.05, 0) is 56.5 Å². The van der Waals surface area contributed by atoms with Crippen LogP contribution in [0.2, 0.25) is 0 Å². The number of carbonyl (C=O) groups is 2. The highest BCUT2D eigenvalue weighted by Gasteiger charge is 2.31. The number of hydroxylamine groups is 2. The SMILES string of the molecule is COCOc1cc2ccccc2cc1C(=O)N[C@@H]1CN(OC(=O)OC(C)(C)C)CCC[C@H]1O. The molecular formula is C24H32N2O7. The van der Waals surface area contributed by atoms with Gasteiger partial charge < -0.3 is 29.5 Å². The van der Waals surface area contributed by atoms with Gasteiger partial charge in [0.05, 0.1) is 24.3 Å². The van der Waals surface area contributed by atoms with Crippen LogP contribution in [-0.4, -0.2) is 67.0 Å². The highest BCUT2D eigenvalue weighted by atomic mass is 16.8. The summed E-state index contributed by atoms with van der Waals surface area (Å²) in [5, 5.41) is 16.7. The van der Waals surface area contributed by atoms with Gasteiger partial charge in [-0.15, -0.1) is 5.06 Å². The van der Waals surface area contributed by atoms with Crippen molar-refractivity contribution in [3.63, 3.8) is 0 Å². The number of rotatable bonds is 6. The molecule has 2 N–H and O–H groups in total. The lowest BCUT2D eigenvalue weighted by Gasteiger charge is -2.27. The van der Waals surface area contributed by atoms with E-state index >= 15 is 0 Å². The van der Waals surface area contributed by atoms with Crippen LogP contribution in [0.4, 0.5) is 4.79 Å². The van der Waals surface area contributed by atoms with Crippen LogP contribution >= 0.6 is 0 Å². The second kappa shape index (κ2) is 10.8. The molecule has 2 atom stereocenters. The molecule has 0 spiro atoms. The molecule has 0 aromatic heterocycles. The predicted octanol–water partition coefficient (Wildman–Crippen LogP) is 3.24. The number of fused-ring (bicyclic) bond motifs is 1. The molecule has 0 radical (unpaired) electrons. The Morgan fingerprint density at radius 2 is 1.88 bits per heavy atom. The van der Waals surface area contributed by atoms with E-state index in [4.69, 9.17) is 19.0 Å². The van der Waals surface area contributed by atoms with E-state index < -0.39 is 29.8 Å². The minimum absolute atomic E-state index is 0.0117. The maximum Gasteiger partial charge on any atom is 0.528 e. The molecule has 1 saturated heterocycles. The number of nitrogens with zero attached hydrogens (tertiary/aromatic N) is 1. The van der Waals surface area contributed by atoms with Gasteiger partial charge in [-0.1, -0.05) is 24.3 Å². The zero-order valence-corrected chi connectivity index (χ0v) is 19.5. The molecule has 1 heterocycles. The average molecular weight is 461 g/mol. The Balaban J connectivity index is 1.76. The van der Waals surface area contributed by atoms with Crippen molar-refractivity contribution in [2.45, 2.75) is 51.4 Å². The van der Waals surface area contributed by atoms with Crippen molar-refractivity contribution in [3.05, 3.63) is 42.0 Å². The molecule has 3 rings (SSSR count). The fourth-order valence-corrected chi connectivity index (χ4v) is 3.59. The monoisotopic (exact) mass is 460 g/mol. The summed E-state index contributed by atoms with van der Waals surface area (Å²) >= 11 is 0. The number of benzene rings is 2. The van der Waals surface area contributed by atoms with Crippen molar-refractivity contribution in [2.24, 2.45) is 0 Å². The van der Waals surface area contributed by atoms with E-state index in [2.05, 4.69) is 5.32 Å². The predicted molar refractivity (Wildman–Crippen MR) is 122 cm³/mol. The number of methoxy groups -OCH3 is 1. The Morgan fingerprint density at radius 1 is 1.18 bits per heavy atom. The van der Waals surface area contributed by atoms with E-state index in [1.54, 1.807) is 32.9 Å². The number of carbonyl (C=O) groups excluding carboxylic acids is 2. The largest absolute Gasteiger partial charge is 0.528 e. The maximum absolute atomic E-state index is 13.2. The standard InChI is InChI=1S/C24H32N2O7/c1-24(2,3)32-23(29)33-26-11-7-10-20(27)19(14-26)25-22(28)18-12-16-8-5-6-9-17(16)13-21(18)31-15-30-4/h5-6,8-9,12-13,19-20,27H,7,10-11,14-15H2,1-4H3,(H,25,28)/t19-,20-/m1/s1. The summed E-state index contributed by atoms with van der Waals surface area (Å²) in [5.41, 5.74) is -0.369. The molecule has 2 aromatic carbocycles. The quantitative estimate of drug-likeness (QED) is 0.500. The van der Waals surface area contributed by atoms with Crippen molar-refractivity contribution >= 4 is 22.8 Å². The van der Waals surface area contributed by atoms with Gasteiger partial charge in [-0.3, -0.25) is 4.79 Å². The number of amides is 1. The normalized spacial score (nSPS) is 19.5. The van der Waals surface area contributed by atoms with Gasteiger partial charge in [0.15, 0.2) is 6.79 Å². The fourth-order valence-electron chi connectivity index (χ4n) is 3.59. The molecule has 2 aromatic rings. The van der Waals surface area contributed by atoms with Crippen LogP contribution in [0.15, 0.2) is 36.4 Å². The lowest BCUT2D eigenvalue weighted by Crippen LogP contribution is -2.49. The Kier molecular flexibility index (Phi) is 8.12. The van der Waals surface area contributed by atoms with Gasteiger partial charge in [0.1, 0.15) is 11.4 Å². The lowest BCUT2D eigenvalue weighted by atomic mass is 10.0. The Bertz CT molecular complexity index is 973. The molecule has 1 amide bonds. The topological polar surface area (TPSA) is 107 Å². The van der Waals surface area contributed by atoms with E-state index in [0.29, 0.717) is 30.7 Å². The second-order valence-corrected chi connectivity index (χ2v) is 8.98. The summed E-state index contributed by atoms with van der Waals surface area (Å²) in [6.07, 6.45) is -0.586. The highest BCUT2D eigenvalue weighted by Crippen LogP contribution is 2.27. The average Bonchev–Trinajstić information content (AvgIpc) is 2.91. The smallest absolute Gasteiger partial charge is 0.467 e. The van der Waals surface area contributed by atoms with Crippen LogP contribution in [0.3, 0.4) is 0 Å². The molecular weight excluding hydrogens is 428 g/mol. The Labute approximate surface area is 193 Å². The second-order valence-electron chi connectivity index (χ2n) is 8.98. The Hall–Kier alpha value is -2.88. The molecule has 1 aliphatic rings. The summed E-state index contributed by atoms with van der Waals surface area (Å²) in [6.45, 7) is 5.76. The van der Waals surface area contributed by atoms with E-state index in [1.807, 2.05) is 24.3 Å². The number of ether oxygens (including phenoxy) is 3. The van der Waals surface area contributed by atoms with Crippen LogP contribution in [0, 0.1) is 0 Å². The first kappa shape index (κ1) is 24.8. The minimum atomic E-state index is -0.825. The van der Waals surface area contributed by atoms with Crippen LogP contribution in [0.5, 0.6) is 5.75 Å². The number of aliphatic hydroxyl groups is 1. The first-order chi connectivity index (χ1) is 15.7. The van der Waals surface area contributed by atoms with Gasteiger partial charge >= 0.3 is 6.16 Å². The molecule has 0 unspecified atom stereocenters. The molecule has 0 saturated carbocycles. The van der Waals surface area contributed by atoms with E-state index in [9.17, 15) is 14.7 Å². The van der Waals surface area contributed by atoms with Gasteiger partial charge in [0.25, 0.3) is 5.91 Å². The van der Waals surface area contributed by atoms with Crippen LogP contribution in [0.1, 0.15) is 44.0 Å². The summed E-state index contributed by atoms with van der Waals surface area (Å²) in [4.78, 5) is 30.6. The molecule has 1 fully saturated rings. The number of aliphatic hydroxyl groups excluding tert-OH is 1. The van der Waals surface area contributed by atoms with E-state index in [-0.39, 0.29) is 13.3 Å². The highest BCUT2D eigenvalue weighted by molar-refractivity contribution is 6.01. The van der Waals surface area contributed by atoms with Crippen LogP contribution in [-0.2, 0) is 14.3 Å². The third-order valence-electron chi connectivity index (χ3n) is 5.11. The molecule has 0 bridgehead atoms. The third-order valence-corrected chi connectivity index (χ3v) is 5.11.